The summed E-state index contributed by atoms with van der Waals surface area (Å²) in [5.41, 5.74) is 0.645. The molecular weight excluding hydrogens is 391 g/mol. The van der Waals surface area contributed by atoms with Crippen LogP contribution >= 0.6 is 55.1 Å². The molecule has 0 aliphatic rings. The highest BCUT2D eigenvalue weighted by Crippen LogP contribution is 2.34. The minimum absolute atomic E-state index is 0.550. The number of aromatic nitrogens is 1. The molecule has 0 radical (unpaired) electrons. The standard InChI is InChI=1S/C11H6Br2Cl2N2/c12-6-4-7(13)11(16-5-6)17-10-8(14)2-1-3-9(10)15/h1-5H,(H,16,17). The van der Waals surface area contributed by atoms with E-state index in [2.05, 4.69) is 42.2 Å². The third-order valence-corrected chi connectivity index (χ3v) is 3.68. The van der Waals surface area contributed by atoms with E-state index in [0.717, 1.165) is 8.95 Å². The van der Waals surface area contributed by atoms with Crippen LogP contribution in [0.4, 0.5) is 11.5 Å². The van der Waals surface area contributed by atoms with E-state index >= 15 is 0 Å². The second-order valence-electron chi connectivity index (χ2n) is 3.21. The molecule has 0 amide bonds. The van der Waals surface area contributed by atoms with E-state index < -0.39 is 0 Å². The van der Waals surface area contributed by atoms with Gasteiger partial charge in [-0.25, -0.2) is 4.98 Å². The lowest BCUT2D eigenvalue weighted by Crippen LogP contribution is -1.96. The lowest BCUT2D eigenvalue weighted by atomic mass is 10.3. The number of halogens is 4. The minimum atomic E-state index is 0.550. The van der Waals surface area contributed by atoms with Crippen LogP contribution in [-0.2, 0) is 0 Å². The van der Waals surface area contributed by atoms with Gasteiger partial charge in [-0.15, -0.1) is 0 Å². The normalized spacial score (nSPS) is 10.4. The first kappa shape index (κ1) is 13.1. The fourth-order valence-corrected chi connectivity index (χ4v) is 2.82. The van der Waals surface area contributed by atoms with Crippen LogP contribution in [0.15, 0.2) is 39.4 Å². The molecule has 0 atom stereocenters. The summed E-state index contributed by atoms with van der Waals surface area (Å²) in [5.74, 6) is 0.656. The van der Waals surface area contributed by atoms with Gasteiger partial charge in [0.1, 0.15) is 5.82 Å². The van der Waals surface area contributed by atoms with Crippen LogP contribution in [-0.4, -0.2) is 4.98 Å². The summed E-state index contributed by atoms with van der Waals surface area (Å²) in [7, 11) is 0. The number of nitrogens with zero attached hydrogens (tertiary/aromatic N) is 1. The summed E-state index contributed by atoms with van der Waals surface area (Å²) in [4.78, 5) is 4.23. The Labute approximate surface area is 126 Å². The molecule has 1 aromatic heterocycles. The molecule has 0 saturated heterocycles. The number of benzene rings is 1. The zero-order valence-electron chi connectivity index (χ0n) is 8.35. The van der Waals surface area contributed by atoms with Crippen LogP contribution in [0, 0.1) is 0 Å². The van der Waals surface area contributed by atoms with Crippen molar-refractivity contribution < 1.29 is 0 Å². The van der Waals surface area contributed by atoms with E-state index in [1.807, 2.05) is 6.07 Å². The zero-order chi connectivity index (χ0) is 12.4. The van der Waals surface area contributed by atoms with Crippen LogP contribution < -0.4 is 5.32 Å². The van der Waals surface area contributed by atoms with E-state index in [9.17, 15) is 0 Å². The third-order valence-electron chi connectivity index (χ3n) is 2.01. The topological polar surface area (TPSA) is 24.9 Å². The number of nitrogens with one attached hydrogen (secondary N) is 1. The van der Waals surface area contributed by atoms with E-state index in [1.165, 1.54) is 0 Å². The van der Waals surface area contributed by atoms with Gasteiger partial charge in [0.15, 0.2) is 0 Å². The molecule has 2 nitrogen and oxygen atoms in total. The second kappa shape index (κ2) is 5.57. The molecule has 2 rings (SSSR count). The molecule has 0 unspecified atom stereocenters. The summed E-state index contributed by atoms with van der Waals surface area (Å²) >= 11 is 18.9. The molecule has 0 aliphatic carbocycles. The molecular formula is C11H6Br2Cl2N2. The summed E-state index contributed by atoms with van der Waals surface area (Å²) in [6, 6.07) is 7.21. The maximum absolute atomic E-state index is 6.06. The van der Waals surface area contributed by atoms with Crippen LogP contribution in [0.2, 0.25) is 10.0 Å². The van der Waals surface area contributed by atoms with Crippen molar-refractivity contribution in [1.82, 2.24) is 4.98 Å². The van der Waals surface area contributed by atoms with Crippen LogP contribution in [0.1, 0.15) is 0 Å². The summed E-state index contributed by atoms with van der Waals surface area (Å²) in [6.07, 6.45) is 1.69. The Morgan fingerprint density at radius 1 is 1.12 bits per heavy atom. The SMILES string of the molecule is Clc1cccc(Cl)c1Nc1ncc(Br)cc1Br. The van der Waals surface area contributed by atoms with Gasteiger partial charge in [0.25, 0.3) is 0 Å². The Bertz CT molecular complexity index is 541. The Hall–Kier alpha value is -0.290. The number of pyridine rings is 1. The van der Waals surface area contributed by atoms with Crippen molar-refractivity contribution in [2.75, 3.05) is 5.32 Å². The minimum Gasteiger partial charge on any atom is -0.337 e. The highest BCUT2D eigenvalue weighted by molar-refractivity contribution is 9.11. The molecule has 0 saturated carbocycles. The molecule has 1 heterocycles. The lowest BCUT2D eigenvalue weighted by molar-refractivity contribution is 1.27. The van der Waals surface area contributed by atoms with Crippen LogP contribution in [0.5, 0.6) is 0 Å². The van der Waals surface area contributed by atoms with E-state index in [0.29, 0.717) is 21.6 Å². The quantitative estimate of drug-likeness (QED) is 0.708. The molecule has 0 bridgehead atoms. The molecule has 2 aromatic rings. The largest absolute Gasteiger partial charge is 0.337 e. The van der Waals surface area contributed by atoms with Gasteiger partial charge < -0.3 is 5.32 Å². The maximum atomic E-state index is 6.06. The van der Waals surface area contributed by atoms with Gasteiger partial charge in [0, 0.05) is 10.7 Å². The van der Waals surface area contributed by atoms with Gasteiger partial charge in [0.2, 0.25) is 0 Å². The van der Waals surface area contributed by atoms with Gasteiger partial charge in [-0.1, -0.05) is 29.3 Å². The Morgan fingerprint density at radius 3 is 2.35 bits per heavy atom. The van der Waals surface area contributed by atoms with Crippen molar-refractivity contribution in [3.8, 4) is 0 Å². The van der Waals surface area contributed by atoms with Gasteiger partial charge in [-0.2, -0.15) is 0 Å². The van der Waals surface area contributed by atoms with Crippen molar-refractivity contribution in [2.24, 2.45) is 0 Å². The average molecular weight is 397 g/mol. The average Bonchev–Trinajstić information content (AvgIpc) is 2.26. The summed E-state index contributed by atoms with van der Waals surface area (Å²) in [5, 5.41) is 4.19. The first-order valence-electron chi connectivity index (χ1n) is 4.60. The fraction of sp³-hybridized carbons (Fsp3) is 0. The van der Waals surface area contributed by atoms with Gasteiger partial charge in [0.05, 0.1) is 20.2 Å². The number of hydrogen-bond acceptors (Lipinski definition) is 2. The molecule has 6 heteroatoms. The smallest absolute Gasteiger partial charge is 0.144 e. The Morgan fingerprint density at radius 2 is 1.76 bits per heavy atom. The van der Waals surface area contributed by atoms with E-state index in [-0.39, 0.29) is 0 Å². The first-order valence-corrected chi connectivity index (χ1v) is 6.94. The van der Waals surface area contributed by atoms with Gasteiger partial charge in [-0.05, 0) is 50.1 Å². The molecule has 0 fully saturated rings. The molecule has 17 heavy (non-hydrogen) atoms. The number of anilines is 2. The fourth-order valence-electron chi connectivity index (χ4n) is 1.24. The number of hydrogen-bond donors (Lipinski definition) is 1. The van der Waals surface area contributed by atoms with Crippen molar-refractivity contribution in [3.05, 3.63) is 49.5 Å². The van der Waals surface area contributed by atoms with Crippen molar-refractivity contribution in [3.63, 3.8) is 0 Å². The monoisotopic (exact) mass is 394 g/mol. The number of rotatable bonds is 2. The third kappa shape index (κ3) is 3.13. The van der Waals surface area contributed by atoms with Crippen LogP contribution in [0.3, 0.4) is 0 Å². The lowest BCUT2D eigenvalue weighted by Gasteiger charge is -2.10. The molecule has 1 N–H and O–H groups in total. The Kier molecular flexibility index (Phi) is 4.31. The molecule has 0 spiro atoms. The van der Waals surface area contributed by atoms with Crippen molar-refractivity contribution in [1.29, 1.82) is 0 Å². The van der Waals surface area contributed by atoms with Gasteiger partial charge in [-0.3, -0.25) is 0 Å². The van der Waals surface area contributed by atoms with Crippen molar-refractivity contribution >= 4 is 66.6 Å². The molecule has 1 aromatic carbocycles. The van der Waals surface area contributed by atoms with Crippen molar-refractivity contribution in [2.45, 2.75) is 0 Å². The summed E-state index contributed by atoms with van der Waals surface area (Å²) in [6.45, 7) is 0. The molecule has 88 valence electrons. The highest BCUT2D eigenvalue weighted by Gasteiger charge is 2.08. The van der Waals surface area contributed by atoms with Crippen LogP contribution in [0.25, 0.3) is 0 Å². The number of para-hydroxylation sites is 1. The summed E-state index contributed by atoms with van der Waals surface area (Å²) < 4.78 is 1.71. The van der Waals surface area contributed by atoms with Gasteiger partial charge >= 0.3 is 0 Å². The highest BCUT2D eigenvalue weighted by atomic mass is 79.9. The predicted molar refractivity (Wildman–Crippen MR) is 79.4 cm³/mol. The predicted octanol–water partition coefficient (Wildman–Crippen LogP) is 5.66. The Balaban J connectivity index is 2.38. The second-order valence-corrected chi connectivity index (χ2v) is 5.79. The maximum Gasteiger partial charge on any atom is 0.144 e. The first-order chi connectivity index (χ1) is 8.08. The zero-order valence-corrected chi connectivity index (χ0v) is 13.0. The van der Waals surface area contributed by atoms with E-state index in [1.54, 1.807) is 24.4 Å². The molecule has 0 aliphatic heterocycles. The van der Waals surface area contributed by atoms with E-state index in [4.69, 9.17) is 23.2 Å².